The highest BCUT2D eigenvalue weighted by atomic mass is 32.2. The van der Waals surface area contributed by atoms with Gasteiger partial charge >= 0.3 is 5.97 Å². The lowest BCUT2D eigenvalue weighted by Gasteiger charge is -2.13. The molecule has 4 nitrogen and oxygen atoms in total. The Kier molecular flexibility index (Phi) is 6.35. The van der Waals surface area contributed by atoms with Crippen LogP contribution in [0.5, 0.6) is 0 Å². The highest BCUT2D eigenvalue weighted by Gasteiger charge is 2.18. The standard InChI is InChI=1S/C13H16FNO3S/c1-2-3-11(13(17)18)15-12(16)8-19-10-6-4-9(14)5-7-10/h4-7,11H,2-3,8H2,1H3,(H,15,16)(H,17,18)/t11-/m0/s1. The molecule has 1 aromatic rings. The summed E-state index contributed by atoms with van der Waals surface area (Å²) in [6, 6.07) is 4.95. The lowest BCUT2D eigenvalue weighted by Crippen LogP contribution is -2.41. The first-order valence-electron chi connectivity index (χ1n) is 5.93. The Morgan fingerprint density at radius 2 is 2.00 bits per heavy atom. The van der Waals surface area contributed by atoms with E-state index in [2.05, 4.69) is 5.32 Å². The van der Waals surface area contributed by atoms with Crippen molar-refractivity contribution in [3.8, 4) is 0 Å². The zero-order valence-electron chi connectivity index (χ0n) is 10.6. The SMILES string of the molecule is CCC[C@H](NC(=O)CSc1ccc(F)cc1)C(=O)O. The van der Waals surface area contributed by atoms with Gasteiger partial charge in [-0.1, -0.05) is 13.3 Å². The van der Waals surface area contributed by atoms with Crippen molar-refractivity contribution in [2.75, 3.05) is 5.75 Å². The Morgan fingerprint density at radius 1 is 1.37 bits per heavy atom. The molecule has 0 radical (unpaired) electrons. The number of nitrogens with one attached hydrogen (secondary N) is 1. The number of carbonyl (C=O) groups is 2. The Hall–Kier alpha value is -1.56. The number of thioether (sulfide) groups is 1. The number of carbonyl (C=O) groups excluding carboxylic acids is 1. The predicted molar refractivity (Wildman–Crippen MR) is 71.6 cm³/mol. The van der Waals surface area contributed by atoms with Crippen molar-refractivity contribution < 1.29 is 19.1 Å². The van der Waals surface area contributed by atoms with Crippen molar-refractivity contribution in [1.29, 1.82) is 0 Å². The smallest absolute Gasteiger partial charge is 0.326 e. The maximum absolute atomic E-state index is 12.7. The van der Waals surface area contributed by atoms with E-state index in [9.17, 15) is 14.0 Å². The summed E-state index contributed by atoms with van der Waals surface area (Å²) in [7, 11) is 0. The molecule has 1 aromatic carbocycles. The van der Waals surface area contributed by atoms with Gasteiger partial charge < -0.3 is 10.4 Å². The highest BCUT2D eigenvalue weighted by molar-refractivity contribution is 8.00. The molecule has 19 heavy (non-hydrogen) atoms. The minimum absolute atomic E-state index is 0.110. The zero-order chi connectivity index (χ0) is 14.3. The number of hydrogen-bond acceptors (Lipinski definition) is 3. The number of halogens is 1. The Morgan fingerprint density at radius 3 is 2.53 bits per heavy atom. The summed E-state index contributed by atoms with van der Waals surface area (Å²) in [5.41, 5.74) is 0. The maximum Gasteiger partial charge on any atom is 0.326 e. The van der Waals surface area contributed by atoms with Gasteiger partial charge in [0.25, 0.3) is 0 Å². The van der Waals surface area contributed by atoms with Gasteiger partial charge in [0.1, 0.15) is 11.9 Å². The number of hydrogen-bond donors (Lipinski definition) is 2. The minimum Gasteiger partial charge on any atom is -0.480 e. The largest absolute Gasteiger partial charge is 0.480 e. The van der Waals surface area contributed by atoms with Crippen molar-refractivity contribution >= 4 is 23.6 Å². The molecule has 0 aliphatic heterocycles. The van der Waals surface area contributed by atoms with E-state index in [1.165, 1.54) is 23.9 Å². The molecule has 0 spiro atoms. The Labute approximate surface area is 115 Å². The van der Waals surface area contributed by atoms with Gasteiger partial charge in [-0.15, -0.1) is 11.8 Å². The Bertz CT molecular complexity index is 436. The van der Waals surface area contributed by atoms with Crippen LogP contribution in [0.25, 0.3) is 0 Å². The van der Waals surface area contributed by atoms with Gasteiger partial charge in [-0.05, 0) is 30.7 Å². The van der Waals surface area contributed by atoms with Gasteiger partial charge in [0.05, 0.1) is 5.75 Å². The predicted octanol–water partition coefficient (Wildman–Crippen LogP) is 2.29. The minimum atomic E-state index is -1.03. The van der Waals surface area contributed by atoms with E-state index >= 15 is 0 Å². The molecule has 104 valence electrons. The quantitative estimate of drug-likeness (QED) is 0.754. The summed E-state index contributed by atoms with van der Waals surface area (Å²) in [6.07, 6.45) is 1.09. The third-order valence-corrected chi connectivity index (χ3v) is 3.41. The van der Waals surface area contributed by atoms with Crippen LogP contribution < -0.4 is 5.32 Å². The first kappa shape index (κ1) is 15.5. The molecule has 0 aliphatic carbocycles. The van der Waals surface area contributed by atoms with Crippen LogP contribution in [0.15, 0.2) is 29.2 Å². The normalized spacial score (nSPS) is 11.9. The number of amides is 1. The van der Waals surface area contributed by atoms with Crippen LogP contribution >= 0.6 is 11.8 Å². The van der Waals surface area contributed by atoms with Crippen LogP contribution in [-0.2, 0) is 9.59 Å². The Balaban J connectivity index is 2.42. The highest BCUT2D eigenvalue weighted by Crippen LogP contribution is 2.17. The summed E-state index contributed by atoms with van der Waals surface area (Å²) in [4.78, 5) is 23.2. The summed E-state index contributed by atoms with van der Waals surface area (Å²) in [5.74, 6) is -1.58. The van der Waals surface area contributed by atoms with E-state index in [4.69, 9.17) is 5.11 Å². The van der Waals surface area contributed by atoms with Crippen LogP contribution in [0.1, 0.15) is 19.8 Å². The summed E-state index contributed by atoms with van der Waals surface area (Å²) < 4.78 is 12.7. The van der Waals surface area contributed by atoms with Crippen LogP contribution in [-0.4, -0.2) is 28.8 Å². The van der Waals surface area contributed by atoms with E-state index in [0.717, 1.165) is 4.90 Å². The van der Waals surface area contributed by atoms with Crippen molar-refractivity contribution in [2.24, 2.45) is 0 Å². The van der Waals surface area contributed by atoms with Crippen molar-refractivity contribution in [3.63, 3.8) is 0 Å². The monoisotopic (exact) mass is 285 g/mol. The van der Waals surface area contributed by atoms with Crippen molar-refractivity contribution in [3.05, 3.63) is 30.1 Å². The molecule has 0 bridgehead atoms. The number of carboxylic acid groups (broad SMARTS) is 1. The van der Waals surface area contributed by atoms with Crippen LogP contribution in [0, 0.1) is 5.82 Å². The number of aliphatic carboxylic acids is 1. The molecule has 0 fully saturated rings. The molecule has 2 N–H and O–H groups in total. The van der Waals surface area contributed by atoms with Crippen LogP contribution in [0.3, 0.4) is 0 Å². The van der Waals surface area contributed by atoms with Crippen molar-refractivity contribution in [2.45, 2.75) is 30.7 Å². The van der Waals surface area contributed by atoms with E-state index in [1.807, 2.05) is 6.92 Å². The zero-order valence-corrected chi connectivity index (χ0v) is 11.4. The molecule has 1 rings (SSSR count). The average Bonchev–Trinajstić information content (AvgIpc) is 2.37. The van der Waals surface area contributed by atoms with Gasteiger partial charge in [0.2, 0.25) is 5.91 Å². The summed E-state index contributed by atoms with van der Waals surface area (Å²) >= 11 is 1.24. The molecule has 0 heterocycles. The van der Waals surface area contributed by atoms with E-state index in [0.29, 0.717) is 12.8 Å². The van der Waals surface area contributed by atoms with Crippen LogP contribution in [0.4, 0.5) is 4.39 Å². The first-order chi connectivity index (χ1) is 9.02. The fourth-order valence-corrected chi connectivity index (χ4v) is 2.17. The second-order valence-electron chi connectivity index (χ2n) is 3.99. The lowest BCUT2D eigenvalue weighted by atomic mass is 10.2. The average molecular weight is 285 g/mol. The molecule has 0 saturated carbocycles. The second kappa shape index (κ2) is 7.78. The third-order valence-electron chi connectivity index (χ3n) is 2.39. The molecule has 6 heteroatoms. The van der Waals surface area contributed by atoms with Gasteiger partial charge in [-0.3, -0.25) is 4.79 Å². The van der Waals surface area contributed by atoms with Gasteiger partial charge in [0, 0.05) is 4.90 Å². The molecular weight excluding hydrogens is 269 g/mol. The number of carboxylic acids is 1. The first-order valence-corrected chi connectivity index (χ1v) is 6.92. The molecular formula is C13H16FNO3S. The van der Waals surface area contributed by atoms with Crippen molar-refractivity contribution in [1.82, 2.24) is 5.32 Å². The second-order valence-corrected chi connectivity index (χ2v) is 5.04. The molecule has 0 saturated heterocycles. The summed E-state index contributed by atoms with van der Waals surface area (Å²) in [5, 5.41) is 11.4. The fourth-order valence-electron chi connectivity index (χ4n) is 1.46. The number of rotatable bonds is 7. The maximum atomic E-state index is 12.7. The topological polar surface area (TPSA) is 66.4 Å². The van der Waals surface area contributed by atoms with Gasteiger partial charge in [-0.2, -0.15) is 0 Å². The molecule has 1 amide bonds. The molecule has 0 aromatic heterocycles. The van der Waals surface area contributed by atoms with E-state index < -0.39 is 12.0 Å². The molecule has 0 unspecified atom stereocenters. The van der Waals surface area contributed by atoms with Gasteiger partial charge in [0.15, 0.2) is 0 Å². The third kappa shape index (κ3) is 5.74. The lowest BCUT2D eigenvalue weighted by molar-refractivity contribution is -0.141. The van der Waals surface area contributed by atoms with E-state index in [-0.39, 0.29) is 17.5 Å². The number of benzene rings is 1. The summed E-state index contributed by atoms with van der Waals surface area (Å²) in [6.45, 7) is 1.86. The molecule has 1 atom stereocenters. The van der Waals surface area contributed by atoms with E-state index in [1.54, 1.807) is 12.1 Å². The van der Waals surface area contributed by atoms with Gasteiger partial charge in [-0.25, -0.2) is 9.18 Å². The molecule has 0 aliphatic rings. The fraction of sp³-hybridized carbons (Fsp3) is 0.385. The van der Waals surface area contributed by atoms with Crippen LogP contribution in [0.2, 0.25) is 0 Å².